The maximum atomic E-state index is 12.4. The fraction of sp³-hybridized carbons (Fsp3) is 0.150. The minimum atomic E-state index is -0.190. The standard InChI is InChI=1S/C20H19N3O/c1-14-7-6-10-17(11-14)23-20(24)18-13-21-19(22-15(18)2)12-16-8-4-3-5-9-16/h3-11,13H,12H2,1-2H3,(H,23,24). The molecule has 0 radical (unpaired) electrons. The Morgan fingerprint density at radius 3 is 2.54 bits per heavy atom. The first-order chi connectivity index (χ1) is 11.6. The summed E-state index contributed by atoms with van der Waals surface area (Å²) in [5.74, 6) is 0.523. The highest BCUT2D eigenvalue weighted by Gasteiger charge is 2.12. The number of aryl methyl sites for hydroxylation is 2. The summed E-state index contributed by atoms with van der Waals surface area (Å²) in [4.78, 5) is 21.2. The molecule has 0 spiro atoms. The van der Waals surface area contributed by atoms with Crippen molar-refractivity contribution in [2.75, 3.05) is 5.32 Å². The van der Waals surface area contributed by atoms with Gasteiger partial charge in [-0.3, -0.25) is 4.79 Å². The van der Waals surface area contributed by atoms with Gasteiger partial charge in [0.25, 0.3) is 5.91 Å². The Hall–Kier alpha value is -3.01. The van der Waals surface area contributed by atoms with Crippen LogP contribution in [0.3, 0.4) is 0 Å². The van der Waals surface area contributed by atoms with Crippen LogP contribution in [-0.4, -0.2) is 15.9 Å². The van der Waals surface area contributed by atoms with E-state index in [-0.39, 0.29) is 5.91 Å². The number of hydrogen-bond acceptors (Lipinski definition) is 3. The van der Waals surface area contributed by atoms with Crippen molar-refractivity contribution in [2.45, 2.75) is 20.3 Å². The molecule has 1 amide bonds. The van der Waals surface area contributed by atoms with Gasteiger partial charge in [-0.05, 0) is 37.1 Å². The summed E-state index contributed by atoms with van der Waals surface area (Å²) in [5.41, 5.74) is 4.19. The first kappa shape index (κ1) is 15.9. The number of hydrogen-bond donors (Lipinski definition) is 1. The predicted molar refractivity (Wildman–Crippen MR) is 95.1 cm³/mol. The molecule has 0 aliphatic carbocycles. The summed E-state index contributed by atoms with van der Waals surface area (Å²) in [6.45, 7) is 3.82. The molecule has 0 saturated heterocycles. The number of carbonyl (C=O) groups is 1. The van der Waals surface area contributed by atoms with Crippen LogP contribution in [0.15, 0.2) is 60.8 Å². The van der Waals surface area contributed by atoms with Gasteiger partial charge < -0.3 is 5.32 Å². The largest absolute Gasteiger partial charge is 0.322 e. The molecular weight excluding hydrogens is 298 g/mol. The number of aromatic nitrogens is 2. The van der Waals surface area contributed by atoms with E-state index in [1.54, 1.807) is 6.20 Å². The van der Waals surface area contributed by atoms with Gasteiger partial charge in [0.2, 0.25) is 0 Å². The number of nitrogens with zero attached hydrogens (tertiary/aromatic N) is 2. The SMILES string of the molecule is Cc1cccc(NC(=O)c2cnc(Cc3ccccc3)nc2C)c1. The first-order valence-corrected chi connectivity index (χ1v) is 7.86. The third kappa shape index (κ3) is 3.84. The van der Waals surface area contributed by atoms with Crippen molar-refractivity contribution in [2.24, 2.45) is 0 Å². The molecular formula is C20H19N3O. The Morgan fingerprint density at radius 2 is 1.83 bits per heavy atom. The van der Waals surface area contributed by atoms with E-state index in [9.17, 15) is 4.79 Å². The fourth-order valence-electron chi connectivity index (χ4n) is 2.52. The molecule has 3 rings (SSSR count). The normalized spacial score (nSPS) is 10.4. The highest BCUT2D eigenvalue weighted by molar-refractivity contribution is 6.04. The van der Waals surface area contributed by atoms with Crippen LogP contribution < -0.4 is 5.32 Å². The van der Waals surface area contributed by atoms with Crippen molar-refractivity contribution in [3.8, 4) is 0 Å². The van der Waals surface area contributed by atoms with E-state index in [1.165, 1.54) is 0 Å². The molecule has 2 aromatic carbocycles. The van der Waals surface area contributed by atoms with Crippen molar-refractivity contribution in [1.82, 2.24) is 9.97 Å². The maximum Gasteiger partial charge on any atom is 0.259 e. The molecule has 4 heteroatoms. The quantitative estimate of drug-likeness (QED) is 0.793. The number of carbonyl (C=O) groups excluding carboxylic acids is 1. The summed E-state index contributed by atoms with van der Waals surface area (Å²) in [5, 5.41) is 2.89. The predicted octanol–water partition coefficient (Wildman–Crippen LogP) is 3.94. The number of anilines is 1. The lowest BCUT2D eigenvalue weighted by atomic mass is 10.1. The summed E-state index contributed by atoms with van der Waals surface area (Å²) >= 11 is 0. The van der Waals surface area contributed by atoms with E-state index in [4.69, 9.17) is 0 Å². The second-order valence-corrected chi connectivity index (χ2v) is 5.77. The minimum Gasteiger partial charge on any atom is -0.322 e. The molecule has 0 aliphatic rings. The summed E-state index contributed by atoms with van der Waals surface area (Å²) < 4.78 is 0. The van der Waals surface area contributed by atoms with E-state index < -0.39 is 0 Å². The lowest BCUT2D eigenvalue weighted by molar-refractivity contribution is 0.102. The van der Waals surface area contributed by atoms with Crippen molar-refractivity contribution >= 4 is 11.6 Å². The lowest BCUT2D eigenvalue weighted by Gasteiger charge is -2.09. The Labute approximate surface area is 141 Å². The van der Waals surface area contributed by atoms with Crippen LogP contribution >= 0.6 is 0 Å². The van der Waals surface area contributed by atoms with Gasteiger partial charge in [-0.15, -0.1) is 0 Å². The summed E-state index contributed by atoms with van der Waals surface area (Å²) in [7, 11) is 0. The third-order valence-electron chi connectivity index (χ3n) is 3.75. The minimum absolute atomic E-state index is 0.190. The summed E-state index contributed by atoms with van der Waals surface area (Å²) in [6, 6.07) is 17.7. The summed E-state index contributed by atoms with van der Waals surface area (Å²) in [6.07, 6.45) is 2.26. The van der Waals surface area contributed by atoms with Gasteiger partial charge in [-0.1, -0.05) is 42.5 Å². The van der Waals surface area contributed by atoms with Gasteiger partial charge in [-0.2, -0.15) is 0 Å². The van der Waals surface area contributed by atoms with Gasteiger partial charge in [0.1, 0.15) is 5.82 Å². The smallest absolute Gasteiger partial charge is 0.259 e. The van der Waals surface area contributed by atoms with Crippen LogP contribution in [0.1, 0.15) is 33.0 Å². The van der Waals surface area contributed by atoms with E-state index in [2.05, 4.69) is 15.3 Å². The molecule has 0 aliphatic heterocycles. The average molecular weight is 317 g/mol. The Morgan fingerprint density at radius 1 is 1.04 bits per heavy atom. The van der Waals surface area contributed by atoms with Crippen LogP contribution in [0.25, 0.3) is 0 Å². The highest BCUT2D eigenvalue weighted by Crippen LogP contribution is 2.13. The molecule has 0 unspecified atom stereocenters. The first-order valence-electron chi connectivity index (χ1n) is 7.86. The Kier molecular flexibility index (Phi) is 4.66. The lowest BCUT2D eigenvalue weighted by Crippen LogP contribution is -2.15. The van der Waals surface area contributed by atoms with Crippen molar-refractivity contribution < 1.29 is 4.79 Å². The zero-order valence-electron chi connectivity index (χ0n) is 13.8. The van der Waals surface area contributed by atoms with Crippen molar-refractivity contribution in [3.05, 3.63) is 89.0 Å². The van der Waals surface area contributed by atoms with Gasteiger partial charge in [0, 0.05) is 18.3 Å². The molecule has 24 heavy (non-hydrogen) atoms. The van der Waals surface area contributed by atoms with E-state index in [0.29, 0.717) is 23.5 Å². The van der Waals surface area contributed by atoms with Crippen LogP contribution in [0.5, 0.6) is 0 Å². The molecule has 1 N–H and O–H groups in total. The molecule has 0 bridgehead atoms. The van der Waals surface area contributed by atoms with Crippen LogP contribution in [0, 0.1) is 13.8 Å². The number of amides is 1. The van der Waals surface area contributed by atoms with Crippen LogP contribution in [-0.2, 0) is 6.42 Å². The van der Waals surface area contributed by atoms with Crippen LogP contribution in [0.4, 0.5) is 5.69 Å². The van der Waals surface area contributed by atoms with Gasteiger partial charge >= 0.3 is 0 Å². The molecule has 0 saturated carbocycles. The van der Waals surface area contributed by atoms with E-state index in [1.807, 2.05) is 68.4 Å². The molecule has 0 atom stereocenters. The molecule has 0 fully saturated rings. The fourth-order valence-corrected chi connectivity index (χ4v) is 2.52. The van der Waals surface area contributed by atoms with Gasteiger partial charge in [0.05, 0.1) is 11.3 Å². The third-order valence-corrected chi connectivity index (χ3v) is 3.75. The zero-order valence-corrected chi connectivity index (χ0v) is 13.8. The second kappa shape index (κ2) is 7.04. The molecule has 1 heterocycles. The number of rotatable bonds is 4. The maximum absolute atomic E-state index is 12.4. The molecule has 120 valence electrons. The number of nitrogens with one attached hydrogen (secondary N) is 1. The zero-order chi connectivity index (χ0) is 16.9. The molecule has 4 nitrogen and oxygen atoms in total. The topological polar surface area (TPSA) is 54.9 Å². The van der Waals surface area contributed by atoms with Gasteiger partial charge in [0.15, 0.2) is 0 Å². The average Bonchev–Trinajstić information content (AvgIpc) is 2.56. The molecule has 3 aromatic rings. The van der Waals surface area contributed by atoms with E-state index in [0.717, 1.165) is 16.8 Å². The van der Waals surface area contributed by atoms with E-state index >= 15 is 0 Å². The Balaban J connectivity index is 1.75. The van der Waals surface area contributed by atoms with Crippen molar-refractivity contribution in [1.29, 1.82) is 0 Å². The molecule has 1 aromatic heterocycles. The second-order valence-electron chi connectivity index (χ2n) is 5.77. The van der Waals surface area contributed by atoms with Crippen LogP contribution in [0.2, 0.25) is 0 Å². The van der Waals surface area contributed by atoms with Crippen molar-refractivity contribution in [3.63, 3.8) is 0 Å². The Bertz CT molecular complexity index is 860. The number of benzene rings is 2. The highest BCUT2D eigenvalue weighted by atomic mass is 16.1. The van der Waals surface area contributed by atoms with Gasteiger partial charge in [-0.25, -0.2) is 9.97 Å². The monoisotopic (exact) mass is 317 g/mol.